The lowest BCUT2D eigenvalue weighted by Crippen LogP contribution is -2.43. The highest BCUT2D eigenvalue weighted by molar-refractivity contribution is 7.09. The van der Waals surface area contributed by atoms with Gasteiger partial charge in [0.15, 0.2) is 0 Å². The Kier molecular flexibility index (Phi) is 9.01. The number of carbonyl (C=O) groups excluding carboxylic acids is 2. The molecule has 1 aromatic carbocycles. The average Bonchev–Trinajstić information content (AvgIpc) is 3.18. The highest BCUT2D eigenvalue weighted by Gasteiger charge is 2.21. The maximum Gasteiger partial charge on any atom is 0.242 e. The zero-order chi connectivity index (χ0) is 19.5. The van der Waals surface area contributed by atoms with Crippen molar-refractivity contribution in [3.63, 3.8) is 0 Å². The van der Waals surface area contributed by atoms with Crippen LogP contribution in [0.3, 0.4) is 0 Å². The molecule has 0 spiro atoms. The van der Waals surface area contributed by atoms with Crippen LogP contribution in [0.4, 0.5) is 0 Å². The first-order chi connectivity index (χ1) is 13.1. The van der Waals surface area contributed by atoms with Gasteiger partial charge in [0.1, 0.15) is 0 Å². The molecule has 0 aliphatic carbocycles. The van der Waals surface area contributed by atoms with Crippen LogP contribution >= 0.6 is 11.3 Å². The van der Waals surface area contributed by atoms with Crippen LogP contribution in [0, 0.1) is 0 Å². The van der Waals surface area contributed by atoms with Crippen LogP contribution < -0.4 is 0 Å². The number of methoxy groups -OCH3 is 1. The fourth-order valence-electron chi connectivity index (χ4n) is 2.76. The van der Waals surface area contributed by atoms with Gasteiger partial charge in [0, 0.05) is 31.5 Å². The van der Waals surface area contributed by atoms with Gasteiger partial charge in [-0.3, -0.25) is 9.59 Å². The second-order valence-electron chi connectivity index (χ2n) is 6.37. The Morgan fingerprint density at radius 1 is 1.00 bits per heavy atom. The molecular weight excluding hydrogens is 360 g/mol. The molecule has 146 valence electrons. The Morgan fingerprint density at radius 2 is 1.78 bits per heavy atom. The summed E-state index contributed by atoms with van der Waals surface area (Å²) in [5.41, 5.74) is 1.07. The van der Waals surface area contributed by atoms with E-state index < -0.39 is 0 Å². The number of ether oxygens (including phenoxy) is 1. The van der Waals surface area contributed by atoms with Crippen molar-refractivity contribution in [2.24, 2.45) is 0 Å². The summed E-state index contributed by atoms with van der Waals surface area (Å²) in [4.78, 5) is 30.0. The highest BCUT2D eigenvalue weighted by Crippen LogP contribution is 2.15. The molecule has 0 saturated carbocycles. The quantitative estimate of drug-likeness (QED) is 0.591. The Balaban J connectivity index is 2.11. The van der Waals surface area contributed by atoms with Crippen molar-refractivity contribution in [1.82, 2.24) is 9.80 Å². The van der Waals surface area contributed by atoms with Gasteiger partial charge in [-0.05, 0) is 23.4 Å². The molecule has 6 heteroatoms. The molecule has 2 aromatic rings. The first kappa shape index (κ1) is 21.1. The lowest BCUT2D eigenvalue weighted by molar-refractivity contribution is -0.141. The van der Waals surface area contributed by atoms with E-state index in [0.717, 1.165) is 16.9 Å². The monoisotopic (exact) mass is 388 g/mol. The number of thiophene rings is 1. The van der Waals surface area contributed by atoms with E-state index in [0.29, 0.717) is 32.7 Å². The number of hydrogen-bond acceptors (Lipinski definition) is 4. The van der Waals surface area contributed by atoms with E-state index >= 15 is 0 Å². The molecule has 2 amide bonds. The van der Waals surface area contributed by atoms with Crippen molar-refractivity contribution in [3.05, 3.63) is 58.3 Å². The van der Waals surface area contributed by atoms with Crippen LogP contribution in [0.15, 0.2) is 47.8 Å². The summed E-state index contributed by atoms with van der Waals surface area (Å²) in [7, 11) is 1.60. The smallest absolute Gasteiger partial charge is 0.242 e. The number of benzene rings is 1. The van der Waals surface area contributed by atoms with Crippen molar-refractivity contribution < 1.29 is 14.3 Å². The maximum absolute atomic E-state index is 13.1. The molecule has 1 heterocycles. The SMILES string of the molecule is CCCC(=O)N(CCOC)CC(=O)N(Cc1ccccc1)Cc1cccs1. The standard InChI is InChI=1S/C21H28N2O3S/c1-3-8-20(24)22(12-13-26-2)17-21(25)23(16-19-11-7-14-27-19)15-18-9-5-4-6-10-18/h4-7,9-11,14H,3,8,12-13,15-17H2,1-2H3. The van der Waals surface area contributed by atoms with E-state index in [2.05, 4.69) is 0 Å². The van der Waals surface area contributed by atoms with Gasteiger partial charge >= 0.3 is 0 Å². The normalized spacial score (nSPS) is 10.6. The number of rotatable bonds is 11. The Bertz CT molecular complexity index is 689. The molecular formula is C21H28N2O3S. The summed E-state index contributed by atoms with van der Waals surface area (Å²) >= 11 is 1.63. The van der Waals surface area contributed by atoms with Gasteiger partial charge in [0.05, 0.1) is 19.7 Å². The van der Waals surface area contributed by atoms with Crippen LogP contribution in [0.5, 0.6) is 0 Å². The number of nitrogens with zero attached hydrogens (tertiary/aromatic N) is 2. The second-order valence-corrected chi connectivity index (χ2v) is 7.41. The molecule has 5 nitrogen and oxygen atoms in total. The van der Waals surface area contributed by atoms with Gasteiger partial charge in [-0.2, -0.15) is 0 Å². The third kappa shape index (κ3) is 7.15. The van der Waals surface area contributed by atoms with Crippen LogP contribution in [-0.4, -0.2) is 48.4 Å². The van der Waals surface area contributed by atoms with Crippen molar-refractivity contribution in [1.29, 1.82) is 0 Å². The summed E-state index contributed by atoms with van der Waals surface area (Å²) in [6, 6.07) is 13.9. The van der Waals surface area contributed by atoms with Crippen molar-refractivity contribution >= 4 is 23.2 Å². The maximum atomic E-state index is 13.1. The zero-order valence-corrected chi connectivity index (χ0v) is 16.9. The van der Waals surface area contributed by atoms with Gasteiger partial charge in [0.25, 0.3) is 0 Å². The molecule has 0 aliphatic rings. The summed E-state index contributed by atoms with van der Waals surface area (Å²) < 4.78 is 5.11. The lowest BCUT2D eigenvalue weighted by atomic mass is 10.2. The molecule has 0 atom stereocenters. The first-order valence-corrected chi connectivity index (χ1v) is 10.1. The first-order valence-electron chi connectivity index (χ1n) is 9.24. The van der Waals surface area contributed by atoms with Gasteiger partial charge < -0.3 is 14.5 Å². The molecule has 1 aromatic heterocycles. The molecule has 27 heavy (non-hydrogen) atoms. The fraction of sp³-hybridized carbons (Fsp3) is 0.429. The van der Waals surface area contributed by atoms with E-state index in [1.54, 1.807) is 23.3 Å². The molecule has 2 rings (SSSR count). The van der Waals surface area contributed by atoms with Crippen LogP contribution in [-0.2, 0) is 27.4 Å². The Morgan fingerprint density at radius 3 is 2.41 bits per heavy atom. The highest BCUT2D eigenvalue weighted by atomic mass is 32.1. The minimum Gasteiger partial charge on any atom is -0.383 e. The zero-order valence-electron chi connectivity index (χ0n) is 16.1. The molecule has 0 N–H and O–H groups in total. The van der Waals surface area contributed by atoms with Crippen LogP contribution in [0.25, 0.3) is 0 Å². The fourth-order valence-corrected chi connectivity index (χ4v) is 3.47. The molecule has 0 saturated heterocycles. The van der Waals surface area contributed by atoms with E-state index in [9.17, 15) is 9.59 Å². The molecule has 0 bridgehead atoms. The van der Waals surface area contributed by atoms with E-state index in [-0.39, 0.29) is 18.4 Å². The minimum absolute atomic E-state index is 0.00122. The van der Waals surface area contributed by atoms with E-state index in [4.69, 9.17) is 4.74 Å². The Labute approximate surface area is 165 Å². The number of carbonyl (C=O) groups is 2. The van der Waals surface area contributed by atoms with Crippen molar-refractivity contribution in [2.45, 2.75) is 32.9 Å². The van der Waals surface area contributed by atoms with Gasteiger partial charge in [-0.1, -0.05) is 43.3 Å². The predicted molar refractivity (Wildman–Crippen MR) is 108 cm³/mol. The van der Waals surface area contributed by atoms with E-state index in [1.807, 2.05) is 59.7 Å². The van der Waals surface area contributed by atoms with Crippen LogP contribution in [0.2, 0.25) is 0 Å². The number of amides is 2. The second kappa shape index (κ2) is 11.5. The minimum atomic E-state index is -0.0483. The van der Waals surface area contributed by atoms with Gasteiger partial charge in [0.2, 0.25) is 11.8 Å². The van der Waals surface area contributed by atoms with Crippen molar-refractivity contribution in [3.8, 4) is 0 Å². The van der Waals surface area contributed by atoms with Crippen molar-refractivity contribution in [2.75, 3.05) is 26.8 Å². The van der Waals surface area contributed by atoms with Crippen LogP contribution in [0.1, 0.15) is 30.2 Å². The molecule has 0 fully saturated rings. The topological polar surface area (TPSA) is 49.9 Å². The summed E-state index contributed by atoms with van der Waals surface area (Å²) in [5, 5.41) is 2.01. The third-order valence-electron chi connectivity index (χ3n) is 4.20. The van der Waals surface area contributed by atoms with E-state index in [1.165, 1.54) is 0 Å². The molecule has 0 aliphatic heterocycles. The molecule has 0 radical (unpaired) electrons. The van der Waals surface area contributed by atoms with Gasteiger partial charge in [-0.25, -0.2) is 0 Å². The largest absolute Gasteiger partial charge is 0.383 e. The molecule has 0 unspecified atom stereocenters. The average molecular weight is 389 g/mol. The Hall–Kier alpha value is -2.18. The van der Waals surface area contributed by atoms with Gasteiger partial charge in [-0.15, -0.1) is 11.3 Å². The predicted octanol–water partition coefficient (Wildman–Crippen LogP) is 3.55. The number of hydrogen-bond donors (Lipinski definition) is 0. The summed E-state index contributed by atoms with van der Waals surface area (Å²) in [6.45, 7) is 3.97. The summed E-state index contributed by atoms with van der Waals surface area (Å²) in [6.07, 6.45) is 1.21. The third-order valence-corrected chi connectivity index (χ3v) is 5.06. The summed E-state index contributed by atoms with van der Waals surface area (Å²) in [5.74, 6) is -0.0495. The lowest BCUT2D eigenvalue weighted by Gasteiger charge is -2.27.